The minimum Gasteiger partial charge on any atom is -0.497 e. The fraction of sp³-hybridized carbons (Fsp3) is 0.280. The fourth-order valence-corrected chi connectivity index (χ4v) is 4.57. The predicted octanol–water partition coefficient (Wildman–Crippen LogP) is 5.56. The highest BCUT2D eigenvalue weighted by atomic mass is 79.9. The van der Waals surface area contributed by atoms with E-state index in [2.05, 4.69) is 22.0 Å². The number of fused-ring (bicyclic) bond motifs is 2. The van der Waals surface area contributed by atoms with Gasteiger partial charge in [-0.2, -0.15) is 0 Å². The number of halogens is 1. The summed E-state index contributed by atoms with van der Waals surface area (Å²) in [6, 6.07) is 13.6. The molecule has 0 saturated carbocycles. The average Bonchev–Trinajstić information content (AvgIpc) is 2.98. The molecule has 0 N–H and O–H groups in total. The average molecular weight is 501 g/mol. The lowest BCUT2D eigenvalue weighted by molar-refractivity contribution is 0.305. The highest BCUT2D eigenvalue weighted by Crippen LogP contribution is 2.52. The van der Waals surface area contributed by atoms with Gasteiger partial charge in [0.2, 0.25) is 0 Å². The van der Waals surface area contributed by atoms with E-state index in [9.17, 15) is 0 Å². The van der Waals surface area contributed by atoms with E-state index in [4.69, 9.17) is 28.4 Å². The Morgan fingerprint density at radius 1 is 0.719 bits per heavy atom. The van der Waals surface area contributed by atoms with Crippen LogP contribution in [-0.2, 0) is 6.61 Å². The van der Waals surface area contributed by atoms with Gasteiger partial charge in [-0.1, -0.05) is 15.9 Å². The van der Waals surface area contributed by atoms with Crippen LogP contribution >= 0.6 is 15.9 Å². The van der Waals surface area contributed by atoms with Crippen molar-refractivity contribution in [1.29, 1.82) is 0 Å². The highest BCUT2D eigenvalue weighted by molar-refractivity contribution is 9.10. The SMILES string of the molecule is COc1cc2c(c(OC)c1)C(c1c(OC)cc(OC)cc1OC)c1cc(Br)ccc1OC2. The second kappa shape index (κ2) is 9.20. The van der Waals surface area contributed by atoms with Crippen LogP contribution in [0.1, 0.15) is 28.2 Å². The molecule has 0 fully saturated rings. The van der Waals surface area contributed by atoms with Gasteiger partial charge in [-0.15, -0.1) is 0 Å². The molecule has 1 atom stereocenters. The largest absolute Gasteiger partial charge is 0.497 e. The van der Waals surface area contributed by atoms with Crippen LogP contribution < -0.4 is 28.4 Å². The minimum atomic E-state index is -0.295. The molecule has 0 spiro atoms. The zero-order valence-corrected chi connectivity index (χ0v) is 20.2. The van der Waals surface area contributed by atoms with E-state index in [0.717, 1.165) is 32.5 Å². The van der Waals surface area contributed by atoms with Gasteiger partial charge >= 0.3 is 0 Å². The molecule has 4 rings (SSSR count). The van der Waals surface area contributed by atoms with Gasteiger partial charge in [0, 0.05) is 50.8 Å². The standard InChI is InChI=1S/C25H25BrO6/c1-27-16-8-14-13-32-19-7-6-15(26)9-18(19)24(23(14)20(10-16)29-3)25-21(30-4)11-17(28-2)12-22(25)31-5/h6-12,24H,13H2,1-5H3. The van der Waals surface area contributed by atoms with Crippen LogP contribution in [-0.4, -0.2) is 35.5 Å². The van der Waals surface area contributed by atoms with E-state index in [1.807, 2.05) is 36.4 Å². The van der Waals surface area contributed by atoms with Gasteiger partial charge in [0.1, 0.15) is 41.1 Å². The topological polar surface area (TPSA) is 55.4 Å². The van der Waals surface area contributed by atoms with Crippen molar-refractivity contribution in [1.82, 2.24) is 0 Å². The van der Waals surface area contributed by atoms with E-state index >= 15 is 0 Å². The maximum Gasteiger partial charge on any atom is 0.130 e. The number of hydrogen-bond acceptors (Lipinski definition) is 6. The molecule has 1 aliphatic rings. The fourth-order valence-electron chi connectivity index (χ4n) is 4.19. The molecule has 1 heterocycles. The summed E-state index contributed by atoms with van der Waals surface area (Å²) in [4.78, 5) is 0. The zero-order valence-electron chi connectivity index (χ0n) is 18.7. The van der Waals surface area contributed by atoms with Crippen LogP contribution in [0.4, 0.5) is 0 Å². The van der Waals surface area contributed by atoms with Crippen LogP contribution in [0.2, 0.25) is 0 Å². The predicted molar refractivity (Wildman–Crippen MR) is 125 cm³/mol. The molecular formula is C25H25BrO6. The van der Waals surface area contributed by atoms with Crippen molar-refractivity contribution >= 4 is 15.9 Å². The molecule has 0 aromatic heterocycles. The van der Waals surface area contributed by atoms with Crippen LogP contribution in [0.5, 0.6) is 34.5 Å². The van der Waals surface area contributed by atoms with Crippen LogP contribution in [0, 0.1) is 0 Å². The molecule has 0 amide bonds. The van der Waals surface area contributed by atoms with E-state index in [-0.39, 0.29) is 5.92 Å². The molecule has 32 heavy (non-hydrogen) atoms. The Hall–Kier alpha value is -3.06. The maximum atomic E-state index is 6.23. The summed E-state index contributed by atoms with van der Waals surface area (Å²) in [7, 11) is 8.18. The lowest BCUT2D eigenvalue weighted by atomic mass is 9.81. The summed E-state index contributed by atoms with van der Waals surface area (Å²) in [5.74, 6) is 3.80. The number of rotatable bonds is 6. The smallest absolute Gasteiger partial charge is 0.130 e. The van der Waals surface area contributed by atoms with Gasteiger partial charge in [0.15, 0.2) is 0 Å². The Kier molecular flexibility index (Phi) is 6.37. The molecule has 3 aromatic rings. The second-order valence-corrected chi connectivity index (χ2v) is 8.17. The Balaban J connectivity index is 2.12. The van der Waals surface area contributed by atoms with Crippen LogP contribution in [0.15, 0.2) is 46.9 Å². The number of benzene rings is 3. The minimum absolute atomic E-state index is 0.295. The number of ether oxygens (including phenoxy) is 6. The van der Waals surface area contributed by atoms with E-state index in [1.165, 1.54) is 0 Å². The molecule has 1 unspecified atom stereocenters. The molecule has 1 aliphatic heterocycles. The number of hydrogen-bond donors (Lipinski definition) is 0. The van der Waals surface area contributed by atoms with Crippen molar-refractivity contribution in [3.63, 3.8) is 0 Å². The second-order valence-electron chi connectivity index (χ2n) is 7.25. The Labute approximate surface area is 196 Å². The summed E-state index contributed by atoms with van der Waals surface area (Å²) in [5, 5.41) is 0. The van der Waals surface area contributed by atoms with Gasteiger partial charge in [-0.05, 0) is 24.3 Å². The third-order valence-electron chi connectivity index (χ3n) is 5.65. The first-order valence-corrected chi connectivity index (χ1v) is 10.8. The van der Waals surface area contributed by atoms with Gasteiger partial charge in [-0.25, -0.2) is 0 Å². The normalized spacial score (nSPS) is 14.4. The van der Waals surface area contributed by atoms with Crippen molar-refractivity contribution in [2.75, 3.05) is 35.5 Å². The first-order chi connectivity index (χ1) is 15.5. The van der Waals surface area contributed by atoms with Crippen molar-refractivity contribution in [3.05, 3.63) is 69.2 Å². The summed E-state index contributed by atoms with van der Waals surface area (Å²) in [6.45, 7) is 0.370. The van der Waals surface area contributed by atoms with Crippen LogP contribution in [0.3, 0.4) is 0 Å². The molecular weight excluding hydrogens is 476 g/mol. The molecule has 0 aliphatic carbocycles. The Morgan fingerprint density at radius 2 is 1.28 bits per heavy atom. The lowest BCUT2D eigenvalue weighted by Crippen LogP contribution is -2.11. The Bertz CT molecular complexity index is 1120. The van der Waals surface area contributed by atoms with Crippen LogP contribution in [0.25, 0.3) is 0 Å². The quantitative estimate of drug-likeness (QED) is 0.441. The lowest BCUT2D eigenvalue weighted by Gasteiger charge is -2.26. The third-order valence-corrected chi connectivity index (χ3v) is 6.15. The van der Waals surface area contributed by atoms with E-state index in [1.54, 1.807) is 35.5 Å². The summed E-state index contributed by atoms with van der Waals surface area (Å²) >= 11 is 3.62. The van der Waals surface area contributed by atoms with Gasteiger partial charge in [0.25, 0.3) is 0 Å². The molecule has 168 valence electrons. The first kappa shape index (κ1) is 22.1. The third kappa shape index (κ3) is 3.81. The van der Waals surface area contributed by atoms with Gasteiger partial charge in [0.05, 0.1) is 35.5 Å². The first-order valence-electron chi connectivity index (χ1n) is 10.0. The zero-order chi connectivity index (χ0) is 22.8. The molecule has 0 saturated heterocycles. The van der Waals surface area contributed by atoms with E-state index < -0.39 is 0 Å². The molecule has 7 heteroatoms. The van der Waals surface area contributed by atoms with E-state index in [0.29, 0.717) is 35.4 Å². The molecule has 3 aromatic carbocycles. The molecule has 0 bridgehead atoms. The van der Waals surface area contributed by atoms with Crippen molar-refractivity contribution in [3.8, 4) is 34.5 Å². The molecule has 6 nitrogen and oxygen atoms in total. The van der Waals surface area contributed by atoms with Crippen molar-refractivity contribution in [2.45, 2.75) is 12.5 Å². The highest BCUT2D eigenvalue weighted by Gasteiger charge is 2.34. The maximum absolute atomic E-state index is 6.23. The monoisotopic (exact) mass is 500 g/mol. The summed E-state index contributed by atoms with van der Waals surface area (Å²) < 4.78 is 35.6. The van der Waals surface area contributed by atoms with Crippen molar-refractivity contribution < 1.29 is 28.4 Å². The van der Waals surface area contributed by atoms with Gasteiger partial charge in [-0.3, -0.25) is 0 Å². The molecule has 0 radical (unpaired) electrons. The van der Waals surface area contributed by atoms with Crippen molar-refractivity contribution in [2.24, 2.45) is 0 Å². The van der Waals surface area contributed by atoms with Gasteiger partial charge < -0.3 is 28.4 Å². The summed E-state index contributed by atoms with van der Waals surface area (Å²) in [6.07, 6.45) is 0. The number of methoxy groups -OCH3 is 5. The Morgan fingerprint density at radius 3 is 1.84 bits per heavy atom. The summed E-state index contributed by atoms with van der Waals surface area (Å²) in [5.41, 5.74) is 3.74.